The first-order valence-corrected chi connectivity index (χ1v) is 6.29. The SMILES string of the molecule is O=C1NCC2(CCC(c3ccccc3)CC2)O1. The van der Waals surface area contributed by atoms with E-state index in [0.717, 1.165) is 25.7 Å². The van der Waals surface area contributed by atoms with Crippen LogP contribution in [-0.4, -0.2) is 18.2 Å². The molecule has 3 rings (SSSR count). The molecule has 1 aliphatic heterocycles. The summed E-state index contributed by atoms with van der Waals surface area (Å²) >= 11 is 0. The topological polar surface area (TPSA) is 38.3 Å². The van der Waals surface area contributed by atoms with Gasteiger partial charge in [-0.3, -0.25) is 0 Å². The lowest BCUT2D eigenvalue weighted by atomic mass is 9.76. The summed E-state index contributed by atoms with van der Waals surface area (Å²) in [5.41, 5.74) is 1.21. The van der Waals surface area contributed by atoms with Crippen molar-refractivity contribution in [3.8, 4) is 0 Å². The summed E-state index contributed by atoms with van der Waals surface area (Å²) in [5, 5.41) is 2.77. The maximum atomic E-state index is 11.1. The molecule has 1 saturated carbocycles. The van der Waals surface area contributed by atoms with Gasteiger partial charge in [0.05, 0.1) is 6.54 Å². The van der Waals surface area contributed by atoms with E-state index in [2.05, 4.69) is 35.6 Å². The molecule has 3 nitrogen and oxygen atoms in total. The summed E-state index contributed by atoms with van der Waals surface area (Å²) in [6, 6.07) is 10.6. The average Bonchev–Trinajstić information content (AvgIpc) is 2.73. The van der Waals surface area contributed by atoms with Gasteiger partial charge in [0, 0.05) is 0 Å². The van der Waals surface area contributed by atoms with Crippen LogP contribution in [0.15, 0.2) is 30.3 Å². The molecule has 1 heterocycles. The zero-order chi connectivity index (χ0) is 11.7. The first kappa shape index (κ1) is 10.6. The van der Waals surface area contributed by atoms with E-state index in [1.165, 1.54) is 5.56 Å². The van der Waals surface area contributed by atoms with E-state index in [-0.39, 0.29) is 11.7 Å². The Labute approximate surface area is 101 Å². The summed E-state index contributed by atoms with van der Waals surface area (Å²) < 4.78 is 5.42. The van der Waals surface area contributed by atoms with E-state index in [9.17, 15) is 4.79 Å². The van der Waals surface area contributed by atoms with Crippen molar-refractivity contribution in [1.29, 1.82) is 0 Å². The van der Waals surface area contributed by atoms with Crippen molar-refractivity contribution in [2.75, 3.05) is 6.54 Å². The van der Waals surface area contributed by atoms with Gasteiger partial charge in [-0.25, -0.2) is 4.79 Å². The standard InChI is InChI=1S/C14H17NO2/c16-13-15-10-14(17-13)8-6-12(7-9-14)11-4-2-1-3-5-11/h1-5,12H,6-10H2,(H,15,16). The van der Waals surface area contributed by atoms with Crippen LogP contribution in [0.3, 0.4) is 0 Å². The normalized spacial score (nSPS) is 32.2. The highest BCUT2D eigenvalue weighted by Crippen LogP contribution is 2.40. The highest BCUT2D eigenvalue weighted by Gasteiger charge is 2.43. The quantitative estimate of drug-likeness (QED) is 0.807. The lowest BCUT2D eigenvalue weighted by Crippen LogP contribution is -2.37. The smallest absolute Gasteiger partial charge is 0.407 e. The van der Waals surface area contributed by atoms with Crippen molar-refractivity contribution >= 4 is 6.09 Å². The molecule has 90 valence electrons. The minimum atomic E-state index is -0.247. The molecule has 1 aromatic rings. The van der Waals surface area contributed by atoms with Gasteiger partial charge < -0.3 is 10.1 Å². The van der Waals surface area contributed by atoms with Gasteiger partial charge in [-0.2, -0.15) is 0 Å². The second-order valence-corrected chi connectivity index (χ2v) is 5.11. The number of nitrogens with one attached hydrogen (secondary N) is 1. The summed E-state index contributed by atoms with van der Waals surface area (Å²) in [6.07, 6.45) is 3.93. The predicted octanol–water partition coefficient (Wildman–Crippen LogP) is 2.82. The summed E-state index contributed by atoms with van der Waals surface area (Å²) in [4.78, 5) is 11.1. The van der Waals surface area contributed by atoms with Crippen LogP contribution < -0.4 is 5.32 Å². The van der Waals surface area contributed by atoms with E-state index in [4.69, 9.17) is 4.74 Å². The lowest BCUT2D eigenvalue weighted by molar-refractivity contribution is 0.0213. The third kappa shape index (κ3) is 2.02. The molecule has 1 amide bonds. The Hall–Kier alpha value is -1.51. The molecule has 3 heteroatoms. The first-order chi connectivity index (χ1) is 8.27. The van der Waals surface area contributed by atoms with E-state index in [0.29, 0.717) is 12.5 Å². The number of amides is 1. The molecule has 1 N–H and O–H groups in total. The average molecular weight is 231 g/mol. The van der Waals surface area contributed by atoms with Crippen molar-refractivity contribution in [2.45, 2.75) is 37.2 Å². The minimum Gasteiger partial charge on any atom is -0.441 e. The number of hydrogen-bond donors (Lipinski definition) is 1. The molecule has 17 heavy (non-hydrogen) atoms. The van der Waals surface area contributed by atoms with Gasteiger partial charge in [0.1, 0.15) is 5.60 Å². The fraction of sp³-hybridized carbons (Fsp3) is 0.500. The van der Waals surface area contributed by atoms with Crippen LogP contribution in [0.25, 0.3) is 0 Å². The second-order valence-electron chi connectivity index (χ2n) is 5.11. The highest BCUT2D eigenvalue weighted by atomic mass is 16.6. The molecule has 1 aliphatic carbocycles. The van der Waals surface area contributed by atoms with Gasteiger partial charge in [0.25, 0.3) is 0 Å². The monoisotopic (exact) mass is 231 g/mol. The fourth-order valence-corrected chi connectivity index (χ4v) is 2.98. The van der Waals surface area contributed by atoms with E-state index < -0.39 is 0 Å². The van der Waals surface area contributed by atoms with E-state index in [1.54, 1.807) is 0 Å². The van der Waals surface area contributed by atoms with Gasteiger partial charge in [0.15, 0.2) is 0 Å². The minimum absolute atomic E-state index is 0.206. The van der Waals surface area contributed by atoms with Crippen molar-refractivity contribution in [3.05, 3.63) is 35.9 Å². The Bertz CT molecular complexity index is 407. The zero-order valence-corrected chi connectivity index (χ0v) is 9.82. The summed E-state index contributed by atoms with van der Waals surface area (Å²) in [7, 11) is 0. The predicted molar refractivity (Wildman–Crippen MR) is 64.9 cm³/mol. The van der Waals surface area contributed by atoms with Crippen LogP contribution in [0, 0.1) is 0 Å². The van der Waals surface area contributed by atoms with E-state index >= 15 is 0 Å². The number of hydrogen-bond acceptors (Lipinski definition) is 2. The maximum Gasteiger partial charge on any atom is 0.407 e. The van der Waals surface area contributed by atoms with Gasteiger partial charge in [-0.05, 0) is 37.2 Å². The molecular weight excluding hydrogens is 214 g/mol. The number of alkyl carbamates (subject to hydrolysis) is 1. The van der Waals surface area contributed by atoms with Crippen molar-refractivity contribution < 1.29 is 9.53 Å². The molecule has 1 saturated heterocycles. The third-order valence-electron chi connectivity index (χ3n) is 4.03. The van der Waals surface area contributed by atoms with Crippen molar-refractivity contribution in [3.63, 3.8) is 0 Å². The molecule has 0 atom stereocenters. The van der Waals surface area contributed by atoms with Gasteiger partial charge in [-0.15, -0.1) is 0 Å². The number of carbonyl (C=O) groups is 1. The lowest BCUT2D eigenvalue weighted by Gasteiger charge is -2.34. The fourth-order valence-electron chi connectivity index (χ4n) is 2.98. The van der Waals surface area contributed by atoms with Crippen LogP contribution in [0.2, 0.25) is 0 Å². The number of benzene rings is 1. The van der Waals surface area contributed by atoms with Crippen LogP contribution in [0.1, 0.15) is 37.2 Å². The second kappa shape index (κ2) is 4.06. The Morgan fingerprint density at radius 2 is 1.88 bits per heavy atom. The van der Waals surface area contributed by atoms with Crippen LogP contribution >= 0.6 is 0 Å². The number of rotatable bonds is 1. The molecular formula is C14H17NO2. The Kier molecular flexibility index (Phi) is 2.54. The zero-order valence-electron chi connectivity index (χ0n) is 9.82. The molecule has 2 fully saturated rings. The Balaban J connectivity index is 1.67. The van der Waals surface area contributed by atoms with E-state index in [1.807, 2.05) is 0 Å². The van der Waals surface area contributed by atoms with Crippen LogP contribution in [-0.2, 0) is 4.74 Å². The first-order valence-electron chi connectivity index (χ1n) is 6.29. The molecule has 1 spiro atoms. The molecule has 0 unspecified atom stereocenters. The Morgan fingerprint density at radius 3 is 2.47 bits per heavy atom. The number of ether oxygens (including phenoxy) is 1. The summed E-state index contributed by atoms with van der Waals surface area (Å²) in [5.74, 6) is 0.626. The van der Waals surface area contributed by atoms with Crippen LogP contribution in [0.5, 0.6) is 0 Å². The van der Waals surface area contributed by atoms with Crippen LogP contribution in [0.4, 0.5) is 4.79 Å². The molecule has 2 aliphatic rings. The molecule has 0 aromatic heterocycles. The Morgan fingerprint density at radius 1 is 1.18 bits per heavy atom. The van der Waals surface area contributed by atoms with Gasteiger partial charge in [-0.1, -0.05) is 30.3 Å². The summed E-state index contributed by atoms with van der Waals surface area (Å²) in [6.45, 7) is 0.688. The molecule has 1 aromatic carbocycles. The van der Waals surface area contributed by atoms with Gasteiger partial charge >= 0.3 is 6.09 Å². The molecule has 0 bridgehead atoms. The maximum absolute atomic E-state index is 11.1. The molecule has 0 radical (unpaired) electrons. The third-order valence-corrected chi connectivity index (χ3v) is 4.03. The van der Waals surface area contributed by atoms with Gasteiger partial charge in [0.2, 0.25) is 0 Å². The number of carbonyl (C=O) groups excluding carboxylic acids is 1. The largest absolute Gasteiger partial charge is 0.441 e. The highest BCUT2D eigenvalue weighted by molar-refractivity contribution is 5.70. The van der Waals surface area contributed by atoms with Crippen molar-refractivity contribution in [2.24, 2.45) is 0 Å². The van der Waals surface area contributed by atoms with Crippen molar-refractivity contribution in [1.82, 2.24) is 5.32 Å².